The Kier molecular flexibility index (Phi) is 10.7. The van der Waals surface area contributed by atoms with Gasteiger partial charge in [-0.25, -0.2) is 0 Å². The smallest absolute Gasteiger partial charge is 0.343 e. The summed E-state index contributed by atoms with van der Waals surface area (Å²) in [4.78, 5) is 8.12. The minimum absolute atomic E-state index is 0.0526. The first-order valence-corrected chi connectivity index (χ1v) is 32.5. The van der Waals surface area contributed by atoms with E-state index in [1.165, 1.54) is 170 Å². The number of hydrogen-bond donors (Lipinski definition) is 0. The van der Waals surface area contributed by atoms with Crippen molar-refractivity contribution in [1.29, 1.82) is 0 Å². The highest BCUT2D eigenvalue weighted by Gasteiger charge is 2.54. The van der Waals surface area contributed by atoms with Crippen molar-refractivity contribution in [3.05, 3.63) is 217 Å². The monoisotopic (exact) mass is 1090 g/mol. The fourth-order valence-electron chi connectivity index (χ4n) is 19.7. The molecule has 0 radical (unpaired) electrons. The average molecular weight is 1090 g/mol. The molecule has 8 fully saturated rings. The zero-order valence-electron chi connectivity index (χ0n) is 48.3. The molecule has 2 aliphatic heterocycles. The van der Waals surface area contributed by atoms with Crippen LogP contribution in [0.15, 0.2) is 200 Å². The molecule has 0 N–H and O–H groups in total. The molecule has 408 valence electrons. The third-order valence-corrected chi connectivity index (χ3v) is 23.6. The van der Waals surface area contributed by atoms with E-state index in [0.29, 0.717) is 5.41 Å². The summed E-state index contributed by atoms with van der Waals surface area (Å²) in [5.74, 6) is 5.26. The van der Waals surface area contributed by atoms with E-state index in [1.54, 1.807) is 11.1 Å². The molecule has 10 aromatic rings. The standard InChI is InChI=1S/C78H72BN3S/c1-76(2,3)59-25-29-69(65(39-59)55-15-7-4-8-16-55)81-71-42-64(80(61-19-9-5-10-20-61)62-21-11-6-12-22-62)41-67-66-40-60(78-46-52-34-53(47-78)36-54(35-52)48-78)26-30-70(66)82(63-27-23-58(24-28-63)77-43-49-31-50(44-77)33-51(32-49)45-77)79(73(67)71)75-74(81)68-37-56-17-13-14-18-57(56)38-72(68)83-75/h4-30,37-42,49-54H,31-36,43-48H2,1-3H3. The first kappa shape index (κ1) is 49.1. The number of fused-ring (bicyclic) bond motifs is 7. The van der Waals surface area contributed by atoms with E-state index in [0.717, 1.165) is 46.9 Å². The van der Waals surface area contributed by atoms with Crippen molar-refractivity contribution < 1.29 is 0 Å². The van der Waals surface area contributed by atoms with Crippen LogP contribution in [0.3, 0.4) is 0 Å². The molecule has 3 heterocycles. The molecule has 0 unspecified atom stereocenters. The zero-order chi connectivity index (χ0) is 54.9. The third kappa shape index (κ3) is 7.61. The van der Waals surface area contributed by atoms with Gasteiger partial charge in [-0.1, -0.05) is 136 Å². The van der Waals surface area contributed by atoms with Crippen LogP contribution in [0.1, 0.15) is 115 Å². The van der Waals surface area contributed by atoms with Crippen LogP contribution in [-0.4, -0.2) is 6.85 Å². The fourth-order valence-corrected chi connectivity index (χ4v) is 21.0. The minimum atomic E-state index is -0.0972. The second kappa shape index (κ2) is 18.1. The van der Waals surface area contributed by atoms with Gasteiger partial charge in [0.2, 0.25) is 0 Å². The van der Waals surface area contributed by atoms with Gasteiger partial charge in [-0.15, -0.1) is 11.3 Å². The molecule has 10 aliphatic rings. The minimum Gasteiger partial charge on any atom is -0.376 e. The normalized spacial score (nSPS) is 25.9. The Bertz CT molecular complexity index is 4120. The molecule has 83 heavy (non-hydrogen) atoms. The van der Waals surface area contributed by atoms with E-state index in [2.05, 4.69) is 236 Å². The van der Waals surface area contributed by atoms with Gasteiger partial charge in [0.15, 0.2) is 0 Å². The second-order valence-electron chi connectivity index (χ2n) is 28.6. The predicted molar refractivity (Wildman–Crippen MR) is 352 cm³/mol. The number of anilines is 8. The van der Waals surface area contributed by atoms with Crippen LogP contribution in [0.2, 0.25) is 0 Å². The Labute approximate surface area is 495 Å². The van der Waals surface area contributed by atoms with Gasteiger partial charge in [0.1, 0.15) is 0 Å². The van der Waals surface area contributed by atoms with Crippen molar-refractivity contribution >= 4 is 94.8 Å². The quantitative estimate of drug-likeness (QED) is 0.140. The molecule has 0 spiro atoms. The van der Waals surface area contributed by atoms with Crippen LogP contribution in [0, 0.1) is 35.5 Å². The highest BCUT2D eigenvalue weighted by molar-refractivity contribution is 7.32. The topological polar surface area (TPSA) is 9.72 Å². The number of rotatable bonds is 8. The summed E-state index contributed by atoms with van der Waals surface area (Å²) in [6, 6.07) is 78.6. The van der Waals surface area contributed by atoms with Crippen molar-refractivity contribution in [3.8, 4) is 22.3 Å². The molecule has 0 atom stereocenters. The number of hydrogen-bond acceptors (Lipinski definition) is 4. The molecule has 5 heteroatoms. The van der Waals surface area contributed by atoms with Crippen LogP contribution in [0.5, 0.6) is 0 Å². The van der Waals surface area contributed by atoms with Crippen LogP contribution in [-0.2, 0) is 16.2 Å². The number of benzene rings is 9. The summed E-state index contributed by atoms with van der Waals surface area (Å²) in [5, 5.41) is 3.87. The van der Waals surface area contributed by atoms with Crippen LogP contribution < -0.4 is 24.9 Å². The lowest BCUT2D eigenvalue weighted by molar-refractivity contribution is -0.00528. The van der Waals surface area contributed by atoms with Crippen LogP contribution in [0.4, 0.5) is 45.5 Å². The molecule has 0 amide bonds. The summed E-state index contributed by atoms with van der Waals surface area (Å²) < 4.78 is 2.73. The lowest BCUT2D eigenvalue weighted by atomic mass is 9.46. The van der Waals surface area contributed by atoms with Gasteiger partial charge in [0.25, 0.3) is 0 Å². The Morgan fingerprint density at radius 3 is 1.58 bits per heavy atom. The second-order valence-corrected chi connectivity index (χ2v) is 29.7. The SMILES string of the molecule is CC(C)(C)c1ccc(N2c3cc(N(c4ccccc4)c4ccccc4)cc4c3B(c3sc5cc6ccccc6cc5c32)N(c2ccc(C35CC6CC(CC(C6)C3)C5)cc2)c2ccc(C35CC6CC(CC(C6)C3)C5)cc2-4)c(-c2ccccc2)c1. The van der Waals surface area contributed by atoms with Gasteiger partial charge in [0, 0.05) is 60.1 Å². The number of thiophene rings is 1. The summed E-state index contributed by atoms with van der Waals surface area (Å²) >= 11 is 2.03. The van der Waals surface area contributed by atoms with E-state index in [4.69, 9.17) is 0 Å². The number of para-hydroxylation sites is 2. The molecular weight excluding hydrogens is 1020 g/mol. The van der Waals surface area contributed by atoms with Crippen molar-refractivity contribution in [3.63, 3.8) is 0 Å². The molecule has 3 nitrogen and oxygen atoms in total. The van der Waals surface area contributed by atoms with Gasteiger partial charge in [-0.2, -0.15) is 0 Å². The lowest BCUT2D eigenvalue weighted by Crippen LogP contribution is -2.60. The zero-order valence-corrected chi connectivity index (χ0v) is 49.1. The van der Waals surface area contributed by atoms with Crippen molar-refractivity contribution in [2.75, 3.05) is 14.6 Å². The largest absolute Gasteiger partial charge is 0.376 e. The first-order chi connectivity index (χ1) is 40.6. The fraction of sp³-hybridized carbons (Fsp3) is 0.308. The van der Waals surface area contributed by atoms with Gasteiger partial charge < -0.3 is 14.6 Å². The summed E-state index contributed by atoms with van der Waals surface area (Å²) in [6.07, 6.45) is 16.8. The first-order valence-electron chi connectivity index (χ1n) is 31.7. The molecule has 8 saturated carbocycles. The van der Waals surface area contributed by atoms with Gasteiger partial charge in [-0.05, 0) is 258 Å². The van der Waals surface area contributed by atoms with Crippen molar-refractivity contribution in [2.45, 2.75) is 114 Å². The molecule has 8 aliphatic carbocycles. The van der Waals surface area contributed by atoms with Crippen molar-refractivity contribution in [2.24, 2.45) is 35.5 Å². The maximum atomic E-state index is 2.84. The van der Waals surface area contributed by atoms with Crippen LogP contribution >= 0.6 is 11.3 Å². The predicted octanol–water partition coefficient (Wildman–Crippen LogP) is 20.1. The number of nitrogens with zero attached hydrogens (tertiary/aromatic N) is 3. The Balaban J connectivity index is 0.950. The highest BCUT2D eigenvalue weighted by Crippen LogP contribution is 2.64. The average Bonchev–Trinajstić information content (AvgIpc) is 1.80. The van der Waals surface area contributed by atoms with Gasteiger partial charge in [-0.3, -0.25) is 0 Å². The maximum Gasteiger partial charge on any atom is 0.343 e. The molecule has 1 aromatic heterocycles. The van der Waals surface area contributed by atoms with E-state index in [9.17, 15) is 0 Å². The highest BCUT2D eigenvalue weighted by atomic mass is 32.1. The molecule has 9 aromatic carbocycles. The molecular formula is C78H72BN3S. The third-order valence-electron chi connectivity index (χ3n) is 22.4. The summed E-state index contributed by atoms with van der Waals surface area (Å²) in [5.41, 5.74) is 21.5. The van der Waals surface area contributed by atoms with E-state index >= 15 is 0 Å². The van der Waals surface area contributed by atoms with E-state index in [1.807, 2.05) is 11.3 Å². The molecule has 0 saturated heterocycles. The Morgan fingerprint density at radius 1 is 0.458 bits per heavy atom. The van der Waals surface area contributed by atoms with Gasteiger partial charge >= 0.3 is 6.85 Å². The summed E-state index contributed by atoms with van der Waals surface area (Å²) in [7, 11) is 0. The lowest BCUT2D eigenvalue weighted by Gasteiger charge is -2.57. The molecule has 20 rings (SSSR count). The Hall–Kier alpha value is -7.34. The maximum absolute atomic E-state index is 2.84. The van der Waals surface area contributed by atoms with Gasteiger partial charge in [0.05, 0.1) is 11.4 Å². The van der Waals surface area contributed by atoms with Crippen molar-refractivity contribution in [1.82, 2.24) is 0 Å². The van der Waals surface area contributed by atoms with E-state index < -0.39 is 0 Å². The Morgan fingerprint density at radius 2 is 0.988 bits per heavy atom. The molecule has 8 bridgehead atoms. The van der Waals surface area contributed by atoms with E-state index in [-0.39, 0.29) is 17.7 Å². The van der Waals surface area contributed by atoms with Crippen LogP contribution in [0.25, 0.3) is 43.1 Å². The summed E-state index contributed by atoms with van der Waals surface area (Å²) in [6.45, 7) is 6.98.